The predicted molar refractivity (Wildman–Crippen MR) is 110 cm³/mol. The molecule has 0 aromatic heterocycles. The highest BCUT2D eigenvalue weighted by molar-refractivity contribution is 6.74. The molecule has 6 nitrogen and oxygen atoms in total. The molecule has 0 aliphatic carbocycles. The van der Waals surface area contributed by atoms with E-state index >= 15 is 0 Å². The molecule has 0 spiro atoms. The summed E-state index contributed by atoms with van der Waals surface area (Å²) in [5, 5.41) is 13.4. The minimum atomic E-state index is -2.01. The van der Waals surface area contributed by atoms with E-state index in [0.717, 1.165) is 26.2 Å². The smallest absolute Gasteiger partial charge is 0.321 e. The zero-order valence-electron chi connectivity index (χ0n) is 18.3. The molecule has 2 N–H and O–H groups in total. The summed E-state index contributed by atoms with van der Waals surface area (Å²) < 4.78 is 6.74. The molecule has 1 heterocycles. The highest BCUT2D eigenvalue weighted by Gasteiger charge is 2.45. The zero-order valence-corrected chi connectivity index (χ0v) is 19.3. The molecule has 0 aromatic rings. The van der Waals surface area contributed by atoms with Gasteiger partial charge in [0.25, 0.3) is 0 Å². The van der Waals surface area contributed by atoms with Crippen LogP contribution in [0.2, 0.25) is 18.1 Å². The van der Waals surface area contributed by atoms with Gasteiger partial charge in [-0.2, -0.15) is 0 Å². The van der Waals surface area contributed by atoms with E-state index in [2.05, 4.69) is 63.0 Å². The van der Waals surface area contributed by atoms with Crippen LogP contribution >= 0.6 is 0 Å². The molecule has 26 heavy (non-hydrogen) atoms. The fraction of sp³-hybridized carbons (Fsp3) is 0.947. The average molecular weight is 388 g/mol. The Labute approximate surface area is 161 Å². The Morgan fingerprint density at radius 2 is 1.65 bits per heavy atom. The Hall–Kier alpha value is -0.473. The number of nitrogens with zero attached hydrogens (tertiary/aromatic N) is 2. The number of nitrogens with one attached hydrogen (secondary N) is 1. The van der Waals surface area contributed by atoms with E-state index in [1.54, 1.807) is 0 Å². The quantitative estimate of drug-likeness (QED) is 0.623. The fourth-order valence-corrected chi connectivity index (χ4v) is 4.79. The maximum Gasteiger partial charge on any atom is 0.321 e. The Kier molecular flexibility index (Phi) is 8.29. The molecule has 1 unspecified atom stereocenters. The lowest BCUT2D eigenvalue weighted by Crippen LogP contribution is -2.59. The van der Waals surface area contributed by atoms with E-state index in [0.29, 0.717) is 0 Å². The van der Waals surface area contributed by atoms with Gasteiger partial charge in [-0.1, -0.05) is 27.7 Å². The van der Waals surface area contributed by atoms with Crippen LogP contribution in [0.5, 0.6) is 0 Å². The number of piperazine rings is 1. The second-order valence-electron chi connectivity index (χ2n) is 9.40. The van der Waals surface area contributed by atoms with Crippen LogP contribution in [0.4, 0.5) is 0 Å². The molecule has 4 atom stereocenters. The summed E-state index contributed by atoms with van der Waals surface area (Å²) in [4.78, 5) is 16.6. The number of carboxylic acid groups (broad SMARTS) is 1. The van der Waals surface area contributed by atoms with Gasteiger partial charge in [-0.3, -0.25) is 9.69 Å². The highest BCUT2D eigenvalue weighted by atomic mass is 28.4. The van der Waals surface area contributed by atoms with Crippen molar-refractivity contribution in [2.45, 2.75) is 70.9 Å². The lowest BCUT2D eigenvalue weighted by atomic mass is 9.90. The van der Waals surface area contributed by atoms with Crippen molar-refractivity contribution < 1.29 is 14.3 Å². The first-order chi connectivity index (χ1) is 11.8. The number of likely N-dealkylation sites (N-methyl/N-ethyl adjacent to an activating group) is 2. The molecule has 1 fully saturated rings. The zero-order chi connectivity index (χ0) is 20.3. The van der Waals surface area contributed by atoms with E-state index in [4.69, 9.17) is 4.43 Å². The molecular formula is C19H41N3O3Si. The molecule has 0 bridgehead atoms. The Bertz CT molecular complexity index is 459. The van der Waals surface area contributed by atoms with Crippen molar-refractivity contribution in [1.29, 1.82) is 0 Å². The third-order valence-electron chi connectivity index (χ3n) is 6.39. The lowest BCUT2D eigenvalue weighted by Gasteiger charge is -2.46. The average Bonchev–Trinajstić information content (AvgIpc) is 2.52. The van der Waals surface area contributed by atoms with E-state index in [1.807, 2.05) is 14.0 Å². The van der Waals surface area contributed by atoms with E-state index < -0.39 is 20.3 Å². The minimum absolute atomic E-state index is 0.0883. The van der Waals surface area contributed by atoms with Crippen LogP contribution in [0.1, 0.15) is 34.6 Å². The maximum absolute atomic E-state index is 12.2. The van der Waals surface area contributed by atoms with Crippen molar-refractivity contribution in [1.82, 2.24) is 15.1 Å². The number of aliphatic carboxylic acids is 1. The van der Waals surface area contributed by atoms with Crippen LogP contribution in [0, 0.1) is 5.92 Å². The van der Waals surface area contributed by atoms with Gasteiger partial charge in [0.05, 0.1) is 6.10 Å². The third-order valence-corrected chi connectivity index (χ3v) is 10.9. The molecular weight excluding hydrogens is 346 g/mol. The molecule has 0 radical (unpaired) electrons. The highest BCUT2D eigenvalue weighted by Crippen LogP contribution is 2.39. The predicted octanol–water partition coefficient (Wildman–Crippen LogP) is 2.32. The largest absolute Gasteiger partial charge is 0.480 e. The van der Waals surface area contributed by atoms with Crippen LogP contribution in [0.3, 0.4) is 0 Å². The Morgan fingerprint density at radius 1 is 1.15 bits per heavy atom. The molecule has 7 heteroatoms. The summed E-state index contributed by atoms with van der Waals surface area (Å²) in [5.41, 5.74) is 0. The monoisotopic (exact) mass is 387 g/mol. The van der Waals surface area contributed by atoms with Crippen LogP contribution in [-0.4, -0.2) is 87.7 Å². The van der Waals surface area contributed by atoms with E-state index in [-0.39, 0.29) is 23.1 Å². The van der Waals surface area contributed by atoms with Crippen LogP contribution in [0.15, 0.2) is 0 Å². The Balaban J connectivity index is 3.08. The van der Waals surface area contributed by atoms with Crippen molar-refractivity contribution in [2.75, 3.05) is 40.3 Å². The topological polar surface area (TPSA) is 65.0 Å². The lowest BCUT2D eigenvalue weighted by molar-refractivity contribution is -0.148. The Morgan fingerprint density at radius 3 is 2.04 bits per heavy atom. The number of rotatable bonds is 8. The molecule has 1 aliphatic heterocycles. The summed E-state index contributed by atoms with van der Waals surface area (Å²) in [6.07, 6.45) is -0.137. The van der Waals surface area contributed by atoms with Gasteiger partial charge in [-0.05, 0) is 39.2 Å². The van der Waals surface area contributed by atoms with Gasteiger partial charge in [0.15, 0.2) is 8.32 Å². The standard InChI is InChI=1S/C19H41N3O3Si/c1-14(16(18(23)24)22-12-10-21(7)11-13-22)17(15(2)20-6)25-26(8,9)19(3,4)5/h14-17,20H,10-13H2,1-9H3,(H,23,24)/t14-,15+,16?,17-/m1/s1. The summed E-state index contributed by atoms with van der Waals surface area (Å²) in [5.74, 6) is -0.846. The van der Waals surface area contributed by atoms with Crippen molar-refractivity contribution in [3.63, 3.8) is 0 Å². The van der Waals surface area contributed by atoms with Crippen molar-refractivity contribution in [2.24, 2.45) is 5.92 Å². The summed E-state index contributed by atoms with van der Waals surface area (Å²) in [6, 6.07) is -0.428. The van der Waals surface area contributed by atoms with Crippen molar-refractivity contribution in [3.05, 3.63) is 0 Å². The second kappa shape index (κ2) is 9.15. The van der Waals surface area contributed by atoms with Crippen molar-refractivity contribution >= 4 is 14.3 Å². The maximum atomic E-state index is 12.2. The molecule has 1 saturated heterocycles. The minimum Gasteiger partial charge on any atom is -0.480 e. The number of carbonyl (C=O) groups is 1. The number of hydrogen-bond acceptors (Lipinski definition) is 5. The van der Waals surface area contributed by atoms with Gasteiger partial charge in [0, 0.05) is 38.1 Å². The van der Waals surface area contributed by atoms with Gasteiger partial charge >= 0.3 is 5.97 Å². The summed E-state index contributed by atoms with van der Waals surface area (Å²) >= 11 is 0. The molecule has 1 rings (SSSR count). The molecule has 0 aromatic carbocycles. The van der Waals surface area contributed by atoms with Crippen molar-refractivity contribution in [3.8, 4) is 0 Å². The van der Waals surface area contributed by atoms with Gasteiger partial charge in [-0.15, -0.1) is 0 Å². The first-order valence-electron chi connectivity index (χ1n) is 9.82. The fourth-order valence-electron chi connectivity index (χ4n) is 3.34. The second-order valence-corrected chi connectivity index (χ2v) is 14.2. The van der Waals surface area contributed by atoms with E-state index in [9.17, 15) is 9.90 Å². The molecule has 1 aliphatic rings. The normalized spacial score (nSPS) is 22.7. The summed E-state index contributed by atoms with van der Waals surface area (Å²) in [7, 11) is 2.00. The van der Waals surface area contributed by atoms with Crippen LogP contribution in [-0.2, 0) is 9.22 Å². The molecule has 0 saturated carbocycles. The van der Waals surface area contributed by atoms with Crippen LogP contribution < -0.4 is 5.32 Å². The molecule has 0 amide bonds. The van der Waals surface area contributed by atoms with Gasteiger partial charge in [0.2, 0.25) is 0 Å². The number of hydrogen-bond donors (Lipinski definition) is 2. The van der Waals surface area contributed by atoms with Crippen LogP contribution in [0.25, 0.3) is 0 Å². The number of carboxylic acids is 1. The van der Waals surface area contributed by atoms with E-state index in [1.165, 1.54) is 0 Å². The van der Waals surface area contributed by atoms with Gasteiger partial charge in [0.1, 0.15) is 6.04 Å². The van der Waals surface area contributed by atoms with Gasteiger partial charge in [-0.25, -0.2) is 0 Å². The third kappa shape index (κ3) is 5.76. The first kappa shape index (κ1) is 23.6. The van der Waals surface area contributed by atoms with Gasteiger partial charge < -0.3 is 19.7 Å². The molecule has 154 valence electrons. The summed E-state index contributed by atoms with van der Waals surface area (Å²) in [6.45, 7) is 18.7. The SMILES string of the molecule is CN[C@@H](C)[C@H](O[Si](C)(C)C(C)(C)C)[C@H](C)C(C(=O)O)N1CCN(C)CC1. The first-order valence-corrected chi connectivity index (χ1v) is 12.7.